The van der Waals surface area contributed by atoms with Crippen molar-refractivity contribution in [2.75, 3.05) is 13.0 Å². The molecule has 0 fully saturated rings. The summed E-state index contributed by atoms with van der Waals surface area (Å²) in [6, 6.07) is -0.255. The van der Waals surface area contributed by atoms with Gasteiger partial charge in [0, 0.05) is 12.6 Å². The van der Waals surface area contributed by atoms with E-state index in [0.29, 0.717) is 23.4 Å². The van der Waals surface area contributed by atoms with Crippen LogP contribution in [0.1, 0.15) is 18.7 Å². The Hall–Kier alpha value is -1.38. The van der Waals surface area contributed by atoms with Gasteiger partial charge >= 0.3 is 7.60 Å². The van der Waals surface area contributed by atoms with E-state index in [1.807, 2.05) is 6.92 Å². The van der Waals surface area contributed by atoms with Crippen molar-refractivity contribution in [3.8, 4) is 0 Å². The van der Waals surface area contributed by atoms with Gasteiger partial charge < -0.3 is 24.8 Å². The molecule has 9 nitrogen and oxygen atoms in total. The number of nitrogens with two attached hydrogens (primary N) is 1. The molecule has 110 valence electrons. The van der Waals surface area contributed by atoms with Crippen molar-refractivity contribution in [2.24, 2.45) is 5.73 Å². The Labute approximate surface area is 115 Å². The molecule has 0 bridgehead atoms. The summed E-state index contributed by atoms with van der Waals surface area (Å²) in [6.45, 7) is 2.34. The van der Waals surface area contributed by atoms with E-state index in [1.165, 1.54) is 6.33 Å². The molecule has 2 rings (SSSR count). The van der Waals surface area contributed by atoms with Crippen LogP contribution in [-0.2, 0) is 15.8 Å². The molecule has 1 unspecified atom stereocenters. The molecule has 0 saturated carbocycles. The molecule has 0 spiro atoms. The van der Waals surface area contributed by atoms with Crippen LogP contribution in [0.25, 0.3) is 11.2 Å². The van der Waals surface area contributed by atoms with Gasteiger partial charge in [-0.1, -0.05) is 0 Å². The van der Waals surface area contributed by atoms with Gasteiger partial charge in [-0.05, 0) is 6.92 Å². The maximum absolute atomic E-state index is 10.6. The summed E-state index contributed by atoms with van der Waals surface area (Å²) in [4.78, 5) is 29.8. The zero-order valence-electron chi connectivity index (χ0n) is 10.9. The molecule has 1 atom stereocenters. The van der Waals surface area contributed by atoms with E-state index in [0.717, 1.165) is 0 Å². The zero-order chi connectivity index (χ0) is 14.8. The van der Waals surface area contributed by atoms with E-state index >= 15 is 0 Å². The van der Waals surface area contributed by atoms with Gasteiger partial charge in [0.15, 0.2) is 5.65 Å². The van der Waals surface area contributed by atoms with E-state index < -0.39 is 13.9 Å². The summed E-state index contributed by atoms with van der Waals surface area (Å²) in [5.41, 5.74) is 7.71. The summed E-state index contributed by atoms with van der Waals surface area (Å²) >= 11 is 0. The Morgan fingerprint density at radius 1 is 1.45 bits per heavy atom. The van der Waals surface area contributed by atoms with Gasteiger partial charge in [0.25, 0.3) is 0 Å². The fourth-order valence-electron chi connectivity index (χ4n) is 1.74. The van der Waals surface area contributed by atoms with Crippen LogP contribution < -0.4 is 5.73 Å². The minimum absolute atomic E-state index is 0.147. The van der Waals surface area contributed by atoms with Crippen molar-refractivity contribution < 1.29 is 19.1 Å². The molecule has 0 aromatic carbocycles. The highest BCUT2D eigenvalue weighted by atomic mass is 31.2. The topological polar surface area (TPSA) is 136 Å². The number of rotatable bonds is 6. The number of fused-ring (bicyclic) bond motifs is 1. The summed E-state index contributed by atoms with van der Waals surface area (Å²) in [6.07, 6.45) is 2.39. The molecule has 20 heavy (non-hydrogen) atoms. The predicted molar refractivity (Wildman–Crippen MR) is 70.8 cm³/mol. The third kappa shape index (κ3) is 3.59. The molecule has 0 radical (unpaired) electrons. The predicted octanol–water partition coefficient (Wildman–Crippen LogP) is -0.00220. The first kappa shape index (κ1) is 15.0. The first-order valence-corrected chi connectivity index (χ1v) is 7.72. The Bertz CT molecular complexity index is 638. The normalized spacial score (nSPS) is 13.8. The Morgan fingerprint density at radius 2 is 2.20 bits per heavy atom. The van der Waals surface area contributed by atoms with Crippen molar-refractivity contribution in [3.05, 3.63) is 18.3 Å². The summed E-state index contributed by atoms with van der Waals surface area (Å²) in [7, 11) is -4.13. The molecule has 10 heteroatoms. The Kier molecular flexibility index (Phi) is 4.46. The maximum Gasteiger partial charge on any atom is 0.350 e. The molecular weight excluding hydrogens is 285 g/mol. The minimum Gasteiger partial charge on any atom is -0.367 e. The molecule has 2 aromatic heterocycles. The van der Waals surface area contributed by atoms with E-state index in [2.05, 4.69) is 15.0 Å². The highest BCUT2D eigenvalue weighted by Gasteiger charge is 2.14. The van der Waals surface area contributed by atoms with Crippen LogP contribution in [0.15, 0.2) is 12.7 Å². The van der Waals surface area contributed by atoms with Gasteiger partial charge in [-0.2, -0.15) is 0 Å². The van der Waals surface area contributed by atoms with Crippen molar-refractivity contribution in [1.29, 1.82) is 0 Å². The summed E-state index contributed by atoms with van der Waals surface area (Å²) in [5.74, 6) is 0. The second-order valence-electron chi connectivity index (χ2n) is 4.36. The van der Waals surface area contributed by atoms with Crippen molar-refractivity contribution in [2.45, 2.75) is 19.5 Å². The number of ether oxygens (including phenoxy) is 1. The standard InChI is InChI=1S/C10H16N5O4P/c1-7(11)8-9-10(13-4-12-8)15(5-14-9)2-3-19-6-20(16,17)18/h4-5,7H,2-3,6,11H2,1H3,(H2,16,17,18). The van der Waals surface area contributed by atoms with Crippen LogP contribution in [0.5, 0.6) is 0 Å². The first-order valence-electron chi connectivity index (χ1n) is 5.92. The average Bonchev–Trinajstić information content (AvgIpc) is 2.76. The highest BCUT2D eigenvalue weighted by molar-refractivity contribution is 7.51. The van der Waals surface area contributed by atoms with Crippen molar-refractivity contribution in [1.82, 2.24) is 19.5 Å². The smallest absolute Gasteiger partial charge is 0.350 e. The Balaban J connectivity index is 2.08. The minimum atomic E-state index is -4.13. The fraction of sp³-hybridized carbons (Fsp3) is 0.500. The Morgan fingerprint density at radius 3 is 2.85 bits per heavy atom. The maximum atomic E-state index is 10.6. The lowest BCUT2D eigenvalue weighted by molar-refractivity contribution is 0.149. The number of aromatic nitrogens is 4. The van der Waals surface area contributed by atoms with Gasteiger partial charge in [0.05, 0.1) is 18.6 Å². The molecule has 4 N–H and O–H groups in total. The number of hydrogen-bond donors (Lipinski definition) is 3. The largest absolute Gasteiger partial charge is 0.367 e. The second kappa shape index (κ2) is 5.94. The van der Waals surface area contributed by atoms with Gasteiger partial charge in [-0.3, -0.25) is 4.57 Å². The van der Waals surface area contributed by atoms with E-state index in [9.17, 15) is 4.57 Å². The molecule has 0 aliphatic carbocycles. The lowest BCUT2D eigenvalue weighted by Gasteiger charge is -2.07. The molecule has 0 aliphatic heterocycles. The van der Waals surface area contributed by atoms with Gasteiger partial charge in [-0.25, -0.2) is 15.0 Å². The van der Waals surface area contributed by atoms with Crippen molar-refractivity contribution in [3.63, 3.8) is 0 Å². The van der Waals surface area contributed by atoms with Crippen molar-refractivity contribution >= 4 is 18.8 Å². The van der Waals surface area contributed by atoms with Crippen LogP contribution in [0.2, 0.25) is 0 Å². The quantitative estimate of drug-likeness (QED) is 0.501. The molecule has 0 aliphatic rings. The van der Waals surface area contributed by atoms with Crippen LogP contribution in [-0.4, -0.2) is 42.3 Å². The first-order chi connectivity index (χ1) is 9.38. The third-order valence-corrected chi connectivity index (χ3v) is 3.12. The third-order valence-electron chi connectivity index (χ3n) is 2.60. The fourth-order valence-corrected chi connectivity index (χ4v) is 2.11. The van der Waals surface area contributed by atoms with Crippen LogP contribution in [0.3, 0.4) is 0 Å². The highest BCUT2D eigenvalue weighted by Crippen LogP contribution is 2.33. The summed E-state index contributed by atoms with van der Waals surface area (Å²) in [5, 5.41) is 0. The second-order valence-corrected chi connectivity index (χ2v) is 5.95. The molecule has 0 saturated heterocycles. The van der Waals surface area contributed by atoms with E-state index in [-0.39, 0.29) is 12.6 Å². The zero-order valence-corrected chi connectivity index (χ0v) is 11.8. The number of nitrogens with zero attached hydrogens (tertiary/aromatic N) is 4. The monoisotopic (exact) mass is 301 g/mol. The molecule has 0 amide bonds. The van der Waals surface area contributed by atoms with Gasteiger partial charge in [0.2, 0.25) is 0 Å². The molecular formula is C10H16N5O4P. The van der Waals surface area contributed by atoms with Crippen LogP contribution >= 0.6 is 7.60 Å². The van der Waals surface area contributed by atoms with E-state index in [4.69, 9.17) is 20.3 Å². The number of hydrogen-bond acceptors (Lipinski definition) is 6. The summed E-state index contributed by atoms with van der Waals surface area (Å²) < 4.78 is 17.3. The molecule has 2 heterocycles. The average molecular weight is 301 g/mol. The molecule has 2 aromatic rings. The van der Waals surface area contributed by atoms with Gasteiger partial charge in [0.1, 0.15) is 18.2 Å². The van der Waals surface area contributed by atoms with Gasteiger partial charge in [-0.15, -0.1) is 0 Å². The lowest BCUT2D eigenvalue weighted by Crippen LogP contribution is -2.10. The van der Waals surface area contributed by atoms with E-state index in [1.54, 1.807) is 10.9 Å². The number of imidazole rings is 1. The van der Waals surface area contributed by atoms with Crippen LogP contribution in [0, 0.1) is 0 Å². The van der Waals surface area contributed by atoms with Crippen LogP contribution in [0.4, 0.5) is 0 Å². The SMILES string of the molecule is CC(N)c1ncnc2c1ncn2CCOCP(=O)(O)O. The lowest BCUT2D eigenvalue weighted by atomic mass is 10.2.